The third-order valence-electron chi connectivity index (χ3n) is 8.91. The fourth-order valence-electron chi connectivity index (χ4n) is 6.74. The highest BCUT2D eigenvalue weighted by Crippen LogP contribution is 2.60. The van der Waals surface area contributed by atoms with E-state index in [4.69, 9.17) is 4.74 Å². The van der Waals surface area contributed by atoms with Gasteiger partial charge in [0, 0.05) is 57.9 Å². The average Bonchev–Trinajstić information content (AvgIpc) is 3.48. The molecule has 164 valence electrons. The van der Waals surface area contributed by atoms with Gasteiger partial charge in [-0.2, -0.15) is 0 Å². The Kier molecular flexibility index (Phi) is 6.18. The van der Waals surface area contributed by atoms with Gasteiger partial charge in [-0.1, -0.05) is 19.3 Å². The SMILES string of the molecule is O=C(C1CC12CCN(C1CCOCC1)CC2)N1CCN(CC2CCCCC2)CC1. The number of ether oxygens (including phenoxy) is 1. The van der Waals surface area contributed by atoms with Crippen LogP contribution < -0.4 is 0 Å². The van der Waals surface area contributed by atoms with Crippen molar-refractivity contribution in [2.45, 2.75) is 70.3 Å². The molecule has 2 saturated carbocycles. The van der Waals surface area contributed by atoms with Gasteiger partial charge in [-0.05, 0) is 69.4 Å². The summed E-state index contributed by atoms with van der Waals surface area (Å²) >= 11 is 0. The van der Waals surface area contributed by atoms with E-state index in [0.29, 0.717) is 17.2 Å². The van der Waals surface area contributed by atoms with Crippen molar-refractivity contribution in [1.29, 1.82) is 0 Å². The van der Waals surface area contributed by atoms with E-state index < -0.39 is 0 Å². The molecule has 1 atom stereocenters. The monoisotopic (exact) mass is 403 g/mol. The maximum atomic E-state index is 13.2. The normalized spacial score (nSPS) is 32.6. The molecule has 0 N–H and O–H groups in total. The van der Waals surface area contributed by atoms with Crippen molar-refractivity contribution in [3.8, 4) is 0 Å². The van der Waals surface area contributed by atoms with E-state index in [-0.39, 0.29) is 0 Å². The summed E-state index contributed by atoms with van der Waals surface area (Å²) in [6, 6.07) is 0.728. The lowest BCUT2D eigenvalue weighted by molar-refractivity contribution is -0.135. The molecule has 3 saturated heterocycles. The highest BCUT2D eigenvalue weighted by molar-refractivity contribution is 5.83. The van der Waals surface area contributed by atoms with Crippen molar-refractivity contribution in [3.63, 3.8) is 0 Å². The van der Waals surface area contributed by atoms with E-state index in [2.05, 4.69) is 14.7 Å². The molecule has 1 spiro atoms. The quantitative estimate of drug-likeness (QED) is 0.723. The number of likely N-dealkylation sites (tertiary alicyclic amines) is 1. The van der Waals surface area contributed by atoms with Crippen LogP contribution in [0.5, 0.6) is 0 Å². The average molecular weight is 404 g/mol. The first-order valence-electron chi connectivity index (χ1n) is 12.6. The number of hydrogen-bond acceptors (Lipinski definition) is 4. The van der Waals surface area contributed by atoms with Crippen LogP contribution in [0.4, 0.5) is 0 Å². The molecule has 2 aliphatic carbocycles. The zero-order valence-electron chi connectivity index (χ0n) is 18.3. The van der Waals surface area contributed by atoms with Crippen LogP contribution in [-0.4, -0.2) is 85.7 Å². The third kappa shape index (κ3) is 4.52. The van der Waals surface area contributed by atoms with E-state index in [1.165, 1.54) is 77.4 Å². The van der Waals surface area contributed by atoms with Gasteiger partial charge in [-0.3, -0.25) is 9.69 Å². The molecule has 1 amide bonds. The summed E-state index contributed by atoms with van der Waals surface area (Å²) < 4.78 is 5.53. The van der Waals surface area contributed by atoms with E-state index in [1.54, 1.807) is 0 Å². The Morgan fingerprint density at radius 3 is 2.24 bits per heavy atom. The van der Waals surface area contributed by atoms with Crippen LogP contribution in [0.2, 0.25) is 0 Å². The van der Waals surface area contributed by atoms with Crippen molar-refractivity contribution in [2.24, 2.45) is 17.3 Å². The predicted octanol–water partition coefficient (Wildman–Crippen LogP) is 2.99. The fourth-order valence-corrected chi connectivity index (χ4v) is 6.74. The second-order valence-electron chi connectivity index (χ2n) is 10.6. The minimum atomic E-state index is 0.337. The number of nitrogens with zero attached hydrogens (tertiary/aromatic N) is 3. The second kappa shape index (κ2) is 8.84. The Morgan fingerprint density at radius 2 is 1.55 bits per heavy atom. The molecule has 5 fully saturated rings. The summed E-state index contributed by atoms with van der Waals surface area (Å²) in [5, 5.41) is 0. The van der Waals surface area contributed by atoms with Crippen LogP contribution in [-0.2, 0) is 9.53 Å². The topological polar surface area (TPSA) is 36.0 Å². The molecule has 5 aliphatic rings. The van der Waals surface area contributed by atoms with Gasteiger partial charge in [0.1, 0.15) is 0 Å². The first kappa shape index (κ1) is 20.3. The van der Waals surface area contributed by atoms with Crippen LogP contribution in [0.15, 0.2) is 0 Å². The summed E-state index contributed by atoms with van der Waals surface area (Å²) in [7, 11) is 0. The number of rotatable bonds is 4. The number of piperidine rings is 1. The van der Waals surface area contributed by atoms with E-state index in [1.807, 2.05) is 0 Å². The van der Waals surface area contributed by atoms with E-state index >= 15 is 0 Å². The smallest absolute Gasteiger partial charge is 0.226 e. The fraction of sp³-hybridized carbons (Fsp3) is 0.958. The Labute approximate surface area is 177 Å². The summed E-state index contributed by atoms with van der Waals surface area (Å²) in [5.74, 6) is 1.74. The van der Waals surface area contributed by atoms with Crippen molar-refractivity contribution in [2.75, 3.05) is 59.0 Å². The number of hydrogen-bond donors (Lipinski definition) is 0. The maximum Gasteiger partial charge on any atom is 0.226 e. The van der Waals surface area contributed by atoms with Crippen LogP contribution in [0.1, 0.15) is 64.2 Å². The zero-order valence-corrected chi connectivity index (χ0v) is 18.3. The first-order chi connectivity index (χ1) is 14.2. The van der Waals surface area contributed by atoms with Gasteiger partial charge in [-0.25, -0.2) is 0 Å². The standard InChI is InChI=1S/C24H41N3O2/c28-23(27-14-12-25(13-15-27)19-20-4-2-1-3-5-20)22-18-24(22)8-10-26(11-9-24)21-6-16-29-17-7-21/h20-22H,1-19H2. The Morgan fingerprint density at radius 1 is 0.862 bits per heavy atom. The van der Waals surface area contributed by atoms with E-state index in [0.717, 1.165) is 57.8 Å². The van der Waals surface area contributed by atoms with Crippen LogP contribution in [0, 0.1) is 17.3 Å². The van der Waals surface area contributed by atoms with Gasteiger partial charge < -0.3 is 14.5 Å². The summed E-state index contributed by atoms with van der Waals surface area (Å²) in [4.78, 5) is 20.7. The Hall–Kier alpha value is -0.650. The largest absolute Gasteiger partial charge is 0.381 e. The molecular weight excluding hydrogens is 362 g/mol. The number of carbonyl (C=O) groups excluding carboxylic acids is 1. The molecule has 0 radical (unpaired) electrons. The molecule has 5 rings (SSSR count). The minimum Gasteiger partial charge on any atom is -0.381 e. The summed E-state index contributed by atoms with van der Waals surface area (Å²) in [5.41, 5.74) is 0.359. The summed E-state index contributed by atoms with van der Waals surface area (Å²) in [6.45, 7) is 9.66. The minimum absolute atomic E-state index is 0.337. The highest BCUT2D eigenvalue weighted by Gasteiger charge is 2.59. The highest BCUT2D eigenvalue weighted by atomic mass is 16.5. The molecule has 3 aliphatic heterocycles. The number of amides is 1. The second-order valence-corrected chi connectivity index (χ2v) is 10.6. The predicted molar refractivity (Wildman–Crippen MR) is 115 cm³/mol. The molecule has 3 heterocycles. The van der Waals surface area contributed by atoms with Gasteiger partial charge in [0.2, 0.25) is 5.91 Å². The maximum absolute atomic E-state index is 13.2. The molecule has 5 nitrogen and oxygen atoms in total. The molecule has 0 aromatic heterocycles. The van der Waals surface area contributed by atoms with Gasteiger partial charge in [-0.15, -0.1) is 0 Å². The molecule has 1 unspecified atom stereocenters. The molecular formula is C24H41N3O2. The molecule has 0 bridgehead atoms. The molecule has 29 heavy (non-hydrogen) atoms. The molecule has 0 aromatic rings. The number of piperazine rings is 1. The van der Waals surface area contributed by atoms with Gasteiger partial charge in [0.15, 0.2) is 0 Å². The summed E-state index contributed by atoms with van der Waals surface area (Å²) in [6.07, 6.45) is 13.2. The molecule has 5 heteroatoms. The Bertz CT molecular complexity index is 554. The van der Waals surface area contributed by atoms with Crippen LogP contribution in [0.25, 0.3) is 0 Å². The van der Waals surface area contributed by atoms with Gasteiger partial charge in [0.25, 0.3) is 0 Å². The van der Waals surface area contributed by atoms with Gasteiger partial charge >= 0.3 is 0 Å². The van der Waals surface area contributed by atoms with Crippen molar-refractivity contribution < 1.29 is 9.53 Å². The Balaban J connectivity index is 1.05. The first-order valence-corrected chi connectivity index (χ1v) is 12.6. The van der Waals surface area contributed by atoms with Crippen molar-refractivity contribution >= 4 is 5.91 Å². The lowest BCUT2D eigenvalue weighted by atomic mass is 9.88. The number of carbonyl (C=O) groups is 1. The zero-order chi connectivity index (χ0) is 19.7. The third-order valence-corrected chi connectivity index (χ3v) is 8.91. The van der Waals surface area contributed by atoms with Crippen molar-refractivity contribution in [1.82, 2.24) is 14.7 Å². The lowest BCUT2D eigenvalue weighted by Crippen LogP contribution is -2.51. The van der Waals surface area contributed by atoms with Crippen molar-refractivity contribution in [3.05, 3.63) is 0 Å². The molecule has 0 aromatic carbocycles. The van der Waals surface area contributed by atoms with E-state index in [9.17, 15) is 4.79 Å². The van der Waals surface area contributed by atoms with Gasteiger partial charge in [0.05, 0.1) is 0 Å². The van der Waals surface area contributed by atoms with Crippen LogP contribution >= 0.6 is 0 Å². The van der Waals surface area contributed by atoms with Crippen LogP contribution in [0.3, 0.4) is 0 Å². The lowest BCUT2D eigenvalue weighted by Gasteiger charge is -2.40.